The van der Waals surface area contributed by atoms with E-state index in [1.165, 1.54) is 0 Å². The number of alkyl halides is 1. The third-order valence-corrected chi connectivity index (χ3v) is 3.10. The number of hydrogen-bond acceptors (Lipinski definition) is 2. The van der Waals surface area contributed by atoms with Crippen LogP contribution in [0.2, 0.25) is 5.02 Å². The lowest BCUT2D eigenvalue weighted by Crippen LogP contribution is -1.92. The van der Waals surface area contributed by atoms with Crippen molar-refractivity contribution in [3.05, 3.63) is 53.1 Å². The molecule has 0 aliphatic carbocycles. The van der Waals surface area contributed by atoms with Crippen LogP contribution in [0.4, 0.5) is 0 Å². The molecule has 2 aromatic rings. The highest BCUT2D eigenvalue weighted by molar-refractivity contribution is 6.32. The monoisotopic (exact) mass is 296 g/mol. The quantitative estimate of drug-likeness (QED) is 0.700. The predicted octanol–water partition coefficient (Wildman–Crippen LogP) is 5.27. The van der Waals surface area contributed by atoms with Gasteiger partial charge in [-0.3, -0.25) is 0 Å². The maximum Gasteiger partial charge on any atom is 0.146 e. The molecule has 0 fully saturated rings. The summed E-state index contributed by atoms with van der Waals surface area (Å²) in [5.41, 5.74) is 0.960. The number of rotatable bonds is 5. The average molecular weight is 297 g/mol. The molecule has 2 nitrogen and oxygen atoms in total. The van der Waals surface area contributed by atoms with Gasteiger partial charge in [-0.2, -0.15) is 0 Å². The first-order valence-electron chi connectivity index (χ1n) is 5.98. The fraction of sp³-hybridized carbons (Fsp3) is 0.200. The maximum absolute atomic E-state index is 6.14. The molecule has 100 valence electrons. The van der Waals surface area contributed by atoms with Crippen LogP contribution in [-0.2, 0) is 5.88 Å². The minimum Gasteiger partial charge on any atom is -0.494 e. The molecule has 0 aromatic heterocycles. The highest BCUT2D eigenvalue weighted by atomic mass is 35.5. The Morgan fingerprint density at radius 1 is 1.05 bits per heavy atom. The fourth-order valence-corrected chi connectivity index (χ4v) is 2.04. The smallest absolute Gasteiger partial charge is 0.146 e. The molecule has 0 aliphatic heterocycles. The van der Waals surface area contributed by atoms with Crippen LogP contribution in [0.15, 0.2) is 42.5 Å². The van der Waals surface area contributed by atoms with Crippen LogP contribution in [0.3, 0.4) is 0 Å². The summed E-state index contributed by atoms with van der Waals surface area (Å²) < 4.78 is 11.2. The highest BCUT2D eigenvalue weighted by Gasteiger charge is 2.05. The van der Waals surface area contributed by atoms with Gasteiger partial charge in [0.1, 0.15) is 17.2 Å². The molecule has 19 heavy (non-hydrogen) atoms. The topological polar surface area (TPSA) is 18.5 Å². The molecular formula is C15H14Cl2O2. The normalized spacial score (nSPS) is 10.3. The van der Waals surface area contributed by atoms with Gasteiger partial charge in [-0.1, -0.05) is 23.7 Å². The lowest BCUT2D eigenvalue weighted by molar-refractivity contribution is 0.338. The van der Waals surface area contributed by atoms with Crippen molar-refractivity contribution in [2.24, 2.45) is 0 Å². The van der Waals surface area contributed by atoms with Crippen LogP contribution in [0, 0.1) is 0 Å². The van der Waals surface area contributed by atoms with Crippen LogP contribution >= 0.6 is 23.2 Å². The van der Waals surface area contributed by atoms with Gasteiger partial charge < -0.3 is 9.47 Å². The van der Waals surface area contributed by atoms with Crippen molar-refractivity contribution in [2.45, 2.75) is 12.8 Å². The summed E-state index contributed by atoms with van der Waals surface area (Å²) in [5.74, 6) is 2.49. The number of halogens is 2. The van der Waals surface area contributed by atoms with E-state index in [2.05, 4.69) is 0 Å². The molecule has 2 aromatic carbocycles. The van der Waals surface area contributed by atoms with E-state index >= 15 is 0 Å². The first-order valence-corrected chi connectivity index (χ1v) is 6.89. The zero-order valence-corrected chi connectivity index (χ0v) is 12.0. The molecule has 4 heteroatoms. The van der Waals surface area contributed by atoms with Crippen LogP contribution in [0.25, 0.3) is 0 Å². The Morgan fingerprint density at radius 2 is 1.84 bits per heavy atom. The second-order valence-corrected chi connectivity index (χ2v) is 4.58. The highest BCUT2D eigenvalue weighted by Crippen LogP contribution is 2.31. The third kappa shape index (κ3) is 3.79. The minimum absolute atomic E-state index is 0.430. The summed E-state index contributed by atoms with van der Waals surface area (Å²) in [4.78, 5) is 0. The van der Waals surface area contributed by atoms with Crippen molar-refractivity contribution in [3.8, 4) is 17.2 Å². The van der Waals surface area contributed by atoms with E-state index in [0.717, 1.165) is 11.3 Å². The number of ether oxygens (including phenoxy) is 2. The van der Waals surface area contributed by atoms with Gasteiger partial charge in [-0.15, -0.1) is 11.6 Å². The van der Waals surface area contributed by atoms with E-state index in [9.17, 15) is 0 Å². The van der Waals surface area contributed by atoms with E-state index in [0.29, 0.717) is 29.0 Å². The lowest BCUT2D eigenvalue weighted by Gasteiger charge is -2.10. The van der Waals surface area contributed by atoms with Crippen LogP contribution in [0.1, 0.15) is 12.5 Å². The van der Waals surface area contributed by atoms with Crippen LogP contribution < -0.4 is 9.47 Å². The molecule has 2 rings (SSSR count). The van der Waals surface area contributed by atoms with E-state index < -0.39 is 0 Å². The van der Waals surface area contributed by atoms with Crippen molar-refractivity contribution in [1.82, 2.24) is 0 Å². The summed E-state index contributed by atoms with van der Waals surface area (Å²) in [5, 5.41) is 0.542. The molecule has 0 amide bonds. The van der Waals surface area contributed by atoms with E-state index in [1.807, 2.05) is 43.3 Å². The Bertz CT molecular complexity index is 556. The first-order chi connectivity index (χ1) is 9.22. The van der Waals surface area contributed by atoms with Crippen molar-refractivity contribution >= 4 is 23.2 Å². The second kappa shape index (κ2) is 6.69. The van der Waals surface area contributed by atoms with Crippen molar-refractivity contribution < 1.29 is 9.47 Å². The summed E-state index contributed by atoms with van der Waals surface area (Å²) in [7, 11) is 0. The lowest BCUT2D eigenvalue weighted by atomic mass is 10.2. The van der Waals surface area contributed by atoms with E-state index in [4.69, 9.17) is 32.7 Å². The Morgan fingerprint density at radius 3 is 2.53 bits per heavy atom. The summed E-state index contributed by atoms with van der Waals surface area (Å²) in [6.07, 6.45) is 0. The second-order valence-electron chi connectivity index (χ2n) is 3.91. The minimum atomic E-state index is 0.430. The first kappa shape index (κ1) is 14.0. The Hall–Kier alpha value is -1.38. The van der Waals surface area contributed by atoms with Crippen LogP contribution in [-0.4, -0.2) is 6.61 Å². The number of benzene rings is 2. The van der Waals surface area contributed by atoms with Crippen molar-refractivity contribution in [2.75, 3.05) is 6.61 Å². The molecule has 0 bridgehead atoms. The molecule has 0 N–H and O–H groups in total. The summed E-state index contributed by atoms with van der Waals surface area (Å²) in [6.45, 7) is 2.56. The molecule has 0 atom stereocenters. The van der Waals surface area contributed by atoms with Gasteiger partial charge >= 0.3 is 0 Å². The van der Waals surface area contributed by atoms with Gasteiger partial charge in [0.25, 0.3) is 0 Å². The Labute approximate surface area is 122 Å². The summed E-state index contributed by atoms with van der Waals surface area (Å²) in [6, 6.07) is 12.9. The predicted molar refractivity (Wildman–Crippen MR) is 78.7 cm³/mol. The maximum atomic E-state index is 6.14. The fourth-order valence-electron chi connectivity index (χ4n) is 1.63. The van der Waals surface area contributed by atoms with Gasteiger partial charge in [-0.05, 0) is 36.8 Å². The average Bonchev–Trinajstić information content (AvgIpc) is 2.42. The Balaban J connectivity index is 2.18. The van der Waals surface area contributed by atoms with Crippen LogP contribution in [0.5, 0.6) is 17.2 Å². The molecular weight excluding hydrogens is 283 g/mol. The zero-order valence-electron chi connectivity index (χ0n) is 10.5. The van der Waals surface area contributed by atoms with Gasteiger partial charge in [0.05, 0.1) is 11.6 Å². The van der Waals surface area contributed by atoms with Gasteiger partial charge in [0.2, 0.25) is 0 Å². The zero-order chi connectivity index (χ0) is 13.7. The molecule has 0 saturated carbocycles. The van der Waals surface area contributed by atoms with E-state index in [1.54, 1.807) is 6.07 Å². The van der Waals surface area contributed by atoms with Crippen molar-refractivity contribution in [3.63, 3.8) is 0 Å². The van der Waals surface area contributed by atoms with Crippen molar-refractivity contribution in [1.29, 1.82) is 0 Å². The molecule has 0 spiro atoms. The largest absolute Gasteiger partial charge is 0.494 e. The molecule has 0 saturated heterocycles. The molecule has 0 radical (unpaired) electrons. The van der Waals surface area contributed by atoms with E-state index in [-0.39, 0.29) is 0 Å². The van der Waals surface area contributed by atoms with Gasteiger partial charge in [-0.25, -0.2) is 0 Å². The summed E-state index contributed by atoms with van der Waals surface area (Å²) >= 11 is 11.9. The molecule has 0 aliphatic rings. The van der Waals surface area contributed by atoms with Gasteiger partial charge in [0.15, 0.2) is 0 Å². The molecule has 0 unspecified atom stereocenters. The Kier molecular flexibility index (Phi) is 4.94. The van der Waals surface area contributed by atoms with Gasteiger partial charge in [0, 0.05) is 11.9 Å². The third-order valence-electron chi connectivity index (χ3n) is 2.49. The number of hydrogen-bond donors (Lipinski definition) is 0. The SMILES string of the molecule is CCOc1cccc(Oc2ccc(CCl)cc2Cl)c1. The standard InChI is InChI=1S/C15H14Cl2O2/c1-2-18-12-4-3-5-13(9-12)19-15-7-6-11(10-16)8-14(15)17/h3-9H,2,10H2,1H3. The molecule has 0 heterocycles.